The molecule has 0 radical (unpaired) electrons. The molecule has 0 aliphatic carbocycles. The van der Waals surface area contributed by atoms with Crippen molar-refractivity contribution in [3.05, 3.63) is 47.2 Å². The Hall–Kier alpha value is -2.34. The summed E-state index contributed by atoms with van der Waals surface area (Å²) in [5, 5.41) is 0. The van der Waals surface area contributed by atoms with Crippen molar-refractivity contribution in [2.45, 2.75) is 26.4 Å². The van der Waals surface area contributed by atoms with Gasteiger partial charge in [0.15, 0.2) is 5.76 Å². The lowest BCUT2D eigenvalue weighted by molar-refractivity contribution is 0.0953. The third-order valence-corrected chi connectivity index (χ3v) is 4.83. The summed E-state index contributed by atoms with van der Waals surface area (Å²) in [6.07, 6.45) is 3.26. The maximum Gasteiger partial charge on any atom is 0.294 e. The highest BCUT2D eigenvalue weighted by Gasteiger charge is 2.32. The standard InChI is InChI=1S/C19H21FN2O3/c1-2-6-21-7-8-22(17-10-14(20)3-4-16(17)21)19(23)18-15-5-9-24-11-13(15)12-25-18/h3-4,10,12H,2,5-9,11H2,1H3. The molecular formula is C19H21FN2O3. The molecule has 2 aliphatic rings. The summed E-state index contributed by atoms with van der Waals surface area (Å²) < 4.78 is 24.8. The number of hydrogen-bond donors (Lipinski definition) is 0. The summed E-state index contributed by atoms with van der Waals surface area (Å²) in [6.45, 7) is 5.29. The van der Waals surface area contributed by atoms with E-state index in [-0.39, 0.29) is 11.7 Å². The van der Waals surface area contributed by atoms with Crippen LogP contribution in [0.15, 0.2) is 28.9 Å². The summed E-state index contributed by atoms with van der Waals surface area (Å²) in [6, 6.07) is 4.64. The zero-order valence-electron chi connectivity index (χ0n) is 14.3. The Kier molecular flexibility index (Phi) is 4.21. The molecule has 3 heterocycles. The smallest absolute Gasteiger partial charge is 0.294 e. The van der Waals surface area contributed by atoms with Gasteiger partial charge in [0.25, 0.3) is 5.91 Å². The fraction of sp³-hybridized carbons (Fsp3) is 0.421. The molecule has 0 fully saturated rings. The Bertz CT molecular complexity index is 802. The van der Waals surface area contributed by atoms with Gasteiger partial charge in [-0.05, 0) is 24.6 Å². The summed E-state index contributed by atoms with van der Waals surface area (Å²) in [7, 11) is 0. The molecule has 0 bridgehead atoms. The van der Waals surface area contributed by atoms with Crippen molar-refractivity contribution >= 4 is 17.3 Å². The Labute approximate surface area is 146 Å². The van der Waals surface area contributed by atoms with Gasteiger partial charge in [-0.2, -0.15) is 0 Å². The van der Waals surface area contributed by atoms with Crippen molar-refractivity contribution in [3.8, 4) is 0 Å². The minimum Gasteiger partial charge on any atom is -0.458 e. The van der Waals surface area contributed by atoms with Crippen LogP contribution in [0.4, 0.5) is 15.8 Å². The van der Waals surface area contributed by atoms with E-state index in [9.17, 15) is 9.18 Å². The van der Waals surface area contributed by atoms with E-state index in [2.05, 4.69) is 11.8 Å². The summed E-state index contributed by atoms with van der Waals surface area (Å²) >= 11 is 0. The van der Waals surface area contributed by atoms with Crippen molar-refractivity contribution in [2.24, 2.45) is 0 Å². The lowest BCUT2D eigenvalue weighted by atomic mass is 10.0. The molecular weight excluding hydrogens is 323 g/mol. The number of furan rings is 1. The quantitative estimate of drug-likeness (QED) is 0.856. The molecule has 2 aromatic rings. The molecule has 0 unspecified atom stereocenters. The number of anilines is 2. The molecule has 0 spiro atoms. The van der Waals surface area contributed by atoms with Crippen LogP contribution in [0.3, 0.4) is 0 Å². The molecule has 2 aliphatic heterocycles. The van der Waals surface area contributed by atoms with Crippen LogP contribution in [-0.4, -0.2) is 32.1 Å². The normalized spacial score (nSPS) is 16.6. The monoisotopic (exact) mass is 344 g/mol. The first-order chi connectivity index (χ1) is 12.2. The van der Waals surface area contributed by atoms with Crippen LogP contribution in [0.1, 0.15) is 35.0 Å². The molecule has 1 amide bonds. The van der Waals surface area contributed by atoms with Gasteiger partial charge in [-0.3, -0.25) is 4.79 Å². The summed E-state index contributed by atoms with van der Waals surface area (Å²) in [4.78, 5) is 17.0. The fourth-order valence-electron chi connectivity index (χ4n) is 3.63. The Morgan fingerprint density at radius 3 is 3.00 bits per heavy atom. The second-order valence-electron chi connectivity index (χ2n) is 6.45. The highest BCUT2D eigenvalue weighted by atomic mass is 19.1. The molecule has 1 aromatic heterocycles. The Balaban J connectivity index is 1.71. The number of halogens is 1. The number of hydrogen-bond acceptors (Lipinski definition) is 4. The van der Waals surface area contributed by atoms with Gasteiger partial charge < -0.3 is 19.0 Å². The van der Waals surface area contributed by atoms with E-state index in [1.165, 1.54) is 12.1 Å². The van der Waals surface area contributed by atoms with Gasteiger partial charge in [-0.15, -0.1) is 0 Å². The number of rotatable bonds is 3. The van der Waals surface area contributed by atoms with Gasteiger partial charge in [0.1, 0.15) is 5.82 Å². The van der Waals surface area contributed by atoms with Crippen LogP contribution >= 0.6 is 0 Å². The van der Waals surface area contributed by atoms with Crippen molar-refractivity contribution in [1.29, 1.82) is 0 Å². The molecule has 0 saturated carbocycles. The highest BCUT2D eigenvalue weighted by Crippen LogP contribution is 2.35. The van der Waals surface area contributed by atoms with E-state index >= 15 is 0 Å². The average molecular weight is 344 g/mol. The predicted octanol–water partition coefficient (Wildman–Crippen LogP) is 3.37. The maximum atomic E-state index is 13.9. The second-order valence-corrected chi connectivity index (χ2v) is 6.45. The number of nitrogens with zero attached hydrogens (tertiary/aromatic N) is 2. The SMILES string of the molecule is CCCN1CCN(C(=O)c2occ3c2CCOC3)c2cc(F)ccc21. The van der Waals surface area contributed by atoms with E-state index in [0.717, 1.165) is 36.3 Å². The fourth-order valence-corrected chi connectivity index (χ4v) is 3.63. The van der Waals surface area contributed by atoms with Gasteiger partial charge in [0.2, 0.25) is 0 Å². The molecule has 0 N–H and O–H groups in total. The lowest BCUT2D eigenvalue weighted by Crippen LogP contribution is -2.44. The van der Waals surface area contributed by atoms with E-state index in [0.29, 0.717) is 37.6 Å². The summed E-state index contributed by atoms with van der Waals surface area (Å²) in [5.41, 5.74) is 3.36. The first-order valence-corrected chi connectivity index (χ1v) is 8.72. The first-order valence-electron chi connectivity index (χ1n) is 8.72. The molecule has 0 atom stereocenters. The van der Waals surface area contributed by atoms with Crippen LogP contribution in [0.5, 0.6) is 0 Å². The Morgan fingerprint density at radius 2 is 2.16 bits per heavy atom. The number of amides is 1. The van der Waals surface area contributed by atoms with Crippen LogP contribution < -0.4 is 9.80 Å². The molecule has 25 heavy (non-hydrogen) atoms. The van der Waals surface area contributed by atoms with E-state index in [1.807, 2.05) is 0 Å². The van der Waals surface area contributed by atoms with Gasteiger partial charge in [0.05, 0.1) is 30.9 Å². The Morgan fingerprint density at radius 1 is 1.28 bits per heavy atom. The van der Waals surface area contributed by atoms with Crippen molar-refractivity contribution < 1.29 is 18.3 Å². The third kappa shape index (κ3) is 2.80. The topological polar surface area (TPSA) is 45.9 Å². The molecule has 5 nitrogen and oxygen atoms in total. The van der Waals surface area contributed by atoms with Crippen LogP contribution in [0, 0.1) is 5.82 Å². The number of fused-ring (bicyclic) bond motifs is 2. The minimum atomic E-state index is -0.343. The molecule has 132 valence electrons. The van der Waals surface area contributed by atoms with E-state index in [1.54, 1.807) is 17.2 Å². The lowest BCUT2D eigenvalue weighted by Gasteiger charge is -2.37. The number of benzene rings is 1. The third-order valence-electron chi connectivity index (χ3n) is 4.83. The molecule has 6 heteroatoms. The van der Waals surface area contributed by atoms with Gasteiger partial charge in [0, 0.05) is 37.2 Å². The van der Waals surface area contributed by atoms with Gasteiger partial charge in [-0.25, -0.2) is 4.39 Å². The van der Waals surface area contributed by atoms with Gasteiger partial charge >= 0.3 is 0 Å². The molecule has 4 rings (SSSR count). The van der Waals surface area contributed by atoms with Crippen molar-refractivity contribution in [1.82, 2.24) is 0 Å². The number of ether oxygens (including phenoxy) is 1. The van der Waals surface area contributed by atoms with Crippen molar-refractivity contribution in [3.63, 3.8) is 0 Å². The van der Waals surface area contributed by atoms with Crippen molar-refractivity contribution in [2.75, 3.05) is 36.0 Å². The van der Waals surface area contributed by atoms with Crippen LogP contribution in [0.25, 0.3) is 0 Å². The molecule has 0 saturated heterocycles. The van der Waals surface area contributed by atoms with Gasteiger partial charge in [-0.1, -0.05) is 6.92 Å². The summed E-state index contributed by atoms with van der Waals surface area (Å²) in [5.74, 6) is -0.187. The number of carbonyl (C=O) groups is 1. The highest BCUT2D eigenvalue weighted by molar-refractivity contribution is 6.07. The first kappa shape index (κ1) is 16.1. The zero-order valence-corrected chi connectivity index (χ0v) is 14.3. The minimum absolute atomic E-state index is 0.203. The largest absolute Gasteiger partial charge is 0.458 e. The van der Waals surface area contributed by atoms with E-state index in [4.69, 9.17) is 9.15 Å². The predicted molar refractivity (Wildman–Crippen MR) is 92.6 cm³/mol. The average Bonchev–Trinajstić information content (AvgIpc) is 3.05. The second kappa shape index (κ2) is 6.52. The zero-order chi connectivity index (χ0) is 17.4. The maximum absolute atomic E-state index is 13.9. The van der Waals surface area contributed by atoms with E-state index < -0.39 is 0 Å². The number of carbonyl (C=O) groups excluding carboxylic acids is 1. The van der Waals surface area contributed by atoms with Crippen LogP contribution in [0.2, 0.25) is 0 Å². The molecule has 1 aromatic carbocycles. The van der Waals surface area contributed by atoms with Crippen LogP contribution in [-0.2, 0) is 17.8 Å².